The average molecular weight is 325 g/mol. The molecule has 1 aromatic carbocycles. The molecule has 0 amide bonds. The maximum absolute atomic E-state index is 5.76. The average Bonchev–Trinajstić information content (AvgIpc) is 2.81. The second-order valence-corrected chi connectivity index (χ2v) is 6.72. The second kappa shape index (κ2) is 6.17. The molecule has 2 nitrogen and oxygen atoms in total. The van der Waals surface area contributed by atoms with E-state index in [4.69, 9.17) is 9.47 Å². The number of hydrogen-bond acceptors (Lipinski definition) is 2. The first-order valence-electron chi connectivity index (χ1n) is 7.36. The van der Waals surface area contributed by atoms with E-state index in [1.54, 1.807) is 0 Å². The van der Waals surface area contributed by atoms with Crippen molar-refractivity contribution in [3.8, 4) is 11.5 Å². The van der Waals surface area contributed by atoms with Gasteiger partial charge in [-0.1, -0.05) is 47.7 Å². The first kappa shape index (κ1) is 13.3. The fraction of sp³-hybridized carbons (Fsp3) is 0.625. The molecule has 1 aliphatic heterocycles. The van der Waals surface area contributed by atoms with E-state index in [1.807, 2.05) is 0 Å². The summed E-state index contributed by atoms with van der Waals surface area (Å²) in [7, 11) is 0. The van der Waals surface area contributed by atoms with Crippen LogP contribution in [-0.4, -0.2) is 13.2 Å². The van der Waals surface area contributed by atoms with Crippen molar-refractivity contribution >= 4 is 15.9 Å². The lowest BCUT2D eigenvalue weighted by Crippen LogP contribution is -2.00. The molecule has 1 aliphatic carbocycles. The molecule has 1 fully saturated rings. The van der Waals surface area contributed by atoms with Gasteiger partial charge in [0.2, 0.25) is 0 Å². The highest BCUT2D eigenvalue weighted by Crippen LogP contribution is 2.40. The Morgan fingerprint density at radius 3 is 2.58 bits per heavy atom. The number of benzene rings is 1. The minimum absolute atomic E-state index is 0.438. The molecule has 19 heavy (non-hydrogen) atoms. The molecule has 0 aromatic heterocycles. The smallest absolute Gasteiger partial charge is 0.161 e. The predicted molar refractivity (Wildman–Crippen MR) is 80.3 cm³/mol. The number of halogens is 1. The normalized spacial score (nSPS) is 21.1. The Balaban J connectivity index is 1.71. The van der Waals surface area contributed by atoms with Crippen LogP contribution in [0.5, 0.6) is 11.5 Å². The van der Waals surface area contributed by atoms with Crippen LogP contribution in [-0.2, 0) is 0 Å². The Labute approximate surface area is 123 Å². The summed E-state index contributed by atoms with van der Waals surface area (Å²) < 4.78 is 11.4. The van der Waals surface area contributed by atoms with Crippen molar-refractivity contribution in [2.75, 3.05) is 13.2 Å². The minimum Gasteiger partial charge on any atom is -0.490 e. The van der Waals surface area contributed by atoms with Gasteiger partial charge in [0.15, 0.2) is 11.5 Å². The number of alkyl halides is 1. The van der Waals surface area contributed by atoms with Crippen LogP contribution in [0.3, 0.4) is 0 Å². The summed E-state index contributed by atoms with van der Waals surface area (Å²) in [6.07, 6.45) is 7.81. The largest absolute Gasteiger partial charge is 0.490 e. The SMILES string of the molecule is BrC(CC1CCCC1)c1ccc2c(c1)OCCCO2. The molecule has 0 radical (unpaired) electrons. The van der Waals surface area contributed by atoms with E-state index in [0.29, 0.717) is 4.83 Å². The molecule has 104 valence electrons. The van der Waals surface area contributed by atoms with Gasteiger partial charge in [0.05, 0.1) is 13.2 Å². The Morgan fingerprint density at radius 2 is 1.79 bits per heavy atom. The molecule has 0 bridgehead atoms. The molecule has 3 heteroatoms. The van der Waals surface area contributed by atoms with Gasteiger partial charge < -0.3 is 9.47 Å². The van der Waals surface area contributed by atoms with Crippen LogP contribution in [0.4, 0.5) is 0 Å². The fourth-order valence-corrected chi connectivity index (χ4v) is 3.86. The highest BCUT2D eigenvalue weighted by Gasteiger charge is 2.21. The van der Waals surface area contributed by atoms with Crippen LogP contribution in [0.25, 0.3) is 0 Å². The molecule has 0 saturated heterocycles. The summed E-state index contributed by atoms with van der Waals surface area (Å²) in [5, 5.41) is 0. The molecule has 0 N–H and O–H groups in total. The summed E-state index contributed by atoms with van der Waals surface area (Å²) in [4.78, 5) is 0.438. The van der Waals surface area contributed by atoms with E-state index >= 15 is 0 Å². The van der Waals surface area contributed by atoms with Crippen molar-refractivity contribution in [2.24, 2.45) is 5.92 Å². The zero-order chi connectivity index (χ0) is 13.1. The molecule has 0 spiro atoms. The van der Waals surface area contributed by atoms with Gasteiger partial charge in [-0.2, -0.15) is 0 Å². The Morgan fingerprint density at radius 1 is 1.05 bits per heavy atom. The molecular weight excluding hydrogens is 304 g/mol. The van der Waals surface area contributed by atoms with E-state index < -0.39 is 0 Å². The third-order valence-electron chi connectivity index (χ3n) is 4.15. The predicted octanol–water partition coefficient (Wildman–Crippen LogP) is 4.86. The van der Waals surface area contributed by atoms with Crippen molar-refractivity contribution in [1.29, 1.82) is 0 Å². The lowest BCUT2D eigenvalue weighted by Gasteiger charge is -2.17. The van der Waals surface area contributed by atoms with Crippen LogP contribution >= 0.6 is 15.9 Å². The number of hydrogen-bond donors (Lipinski definition) is 0. The first-order valence-corrected chi connectivity index (χ1v) is 8.28. The van der Waals surface area contributed by atoms with Gasteiger partial charge in [-0.15, -0.1) is 0 Å². The molecule has 3 rings (SSSR count). The summed E-state index contributed by atoms with van der Waals surface area (Å²) in [6.45, 7) is 1.51. The summed E-state index contributed by atoms with van der Waals surface area (Å²) in [6, 6.07) is 6.37. The van der Waals surface area contributed by atoms with Gasteiger partial charge in [0.25, 0.3) is 0 Å². The minimum atomic E-state index is 0.438. The number of ether oxygens (including phenoxy) is 2. The number of rotatable bonds is 3. The quantitative estimate of drug-likeness (QED) is 0.739. The maximum atomic E-state index is 5.76. The Hall–Kier alpha value is -0.700. The molecule has 1 aromatic rings. The third-order valence-corrected chi connectivity index (χ3v) is 5.05. The van der Waals surface area contributed by atoms with Crippen molar-refractivity contribution in [3.05, 3.63) is 23.8 Å². The molecule has 2 aliphatic rings. The number of fused-ring (bicyclic) bond motifs is 1. The standard InChI is InChI=1S/C16H21BrO2/c17-14(10-12-4-1-2-5-12)13-6-7-15-16(11-13)19-9-3-8-18-15/h6-7,11-12,14H,1-5,8-10H2. The third kappa shape index (κ3) is 3.25. The zero-order valence-electron chi connectivity index (χ0n) is 11.2. The van der Waals surface area contributed by atoms with Gasteiger partial charge in [-0.3, -0.25) is 0 Å². The topological polar surface area (TPSA) is 18.5 Å². The van der Waals surface area contributed by atoms with Gasteiger partial charge in [0, 0.05) is 11.2 Å². The van der Waals surface area contributed by atoms with E-state index in [-0.39, 0.29) is 0 Å². The van der Waals surface area contributed by atoms with Crippen LogP contribution < -0.4 is 9.47 Å². The maximum Gasteiger partial charge on any atom is 0.161 e. The zero-order valence-corrected chi connectivity index (χ0v) is 12.8. The van der Waals surface area contributed by atoms with Crippen molar-refractivity contribution in [3.63, 3.8) is 0 Å². The van der Waals surface area contributed by atoms with Gasteiger partial charge >= 0.3 is 0 Å². The summed E-state index contributed by atoms with van der Waals surface area (Å²) in [5.41, 5.74) is 1.32. The van der Waals surface area contributed by atoms with E-state index in [1.165, 1.54) is 37.7 Å². The molecule has 1 atom stereocenters. The molecule has 1 saturated carbocycles. The second-order valence-electron chi connectivity index (χ2n) is 5.61. The highest BCUT2D eigenvalue weighted by molar-refractivity contribution is 9.09. The monoisotopic (exact) mass is 324 g/mol. The fourth-order valence-electron chi connectivity index (χ4n) is 3.05. The van der Waals surface area contributed by atoms with E-state index in [9.17, 15) is 0 Å². The van der Waals surface area contributed by atoms with E-state index in [2.05, 4.69) is 34.1 Å². The Bertz CT molecular complexity index is 427. The first-order chi connectivity index (χ1) is 9.33. The van der Waals surface area contributed by atoms with Crippen LogP contribution in [0, 0.1) is 5.92 Å². The lowest BCUT2D eigenvalue weighted by molar-refractivity contribution is 0.297. The van der Waals surface area contributed by atoms with E-state index in [0.717, 1.165) is 37.1 Å². The van der Waals surface area contributed by atoms with Crippen molar-refractivity contribution in [2.45, 2.75) is 43.4 Å². The molecule has 1 unspecified atom stereocenters. The van der Waals surface area contributed by atoms with Gasteiger partial charge in [0.1, 0.15) is 0 Å². The molecular formula is C16H21BrO2. The van der Waals surface area contributed by atoms with Crippen LogP contribution in [0.15, 0.2) is 18.2 Å². The van der Waals surface area contributed by atoms with Gasteiger partial charge in [-0.05, 0) is 30.0 Å². The van der Waals surface area contributed by atoms with Gasteiger partial charge in [-0.25, -0.2) is 0 Å². The van der Waals surface area contributed by atoms with Crippen LogP contribution in [0.1, 0.15) is 48.9 Å². The van der Waals surface area contributed by atoms with Crippen molar-refractivity contribution < 1.29 is 9.47 Å². The highest BCUT2D eigenvalue weighted by atomic mass is 79.9. The summed E-state index contributed by atoms with van der Waals surface area (Å²) >= 11 is 3.85. The van der Waals surface area contributed by atoms with Crippen molar-refractivity contribution in [1.82, 2.24) is 0 Å². The lowest BCUT2D eigenvalue weighted by atomic mass is 9.98. The Kier molecular flexibility index (Phi) is 4.31. The summed E-state index contributed by atoms with van der Waals surface area (Å²) in [5.74, 6) is 2.69. The van der Waals surface area contributed by atoms with Crippen LogP contribution in [0.2, 0.25) is 0 Å². The molecule has 1 heterocycles.